The van der Waals surface area contributed by atoms with Gasteiger partial charge in [-0.2, -0.15) is 0 Å². The molecule has 0 radical (unpaired) electrons. The summed E-state index contributed by atoms with van der Waals surface area (Å²) < 4.78 is 0. The molecule has 3 atom stereocenters. The van der Waals surface area contributed by atoms with Crippen LogP contribution in [0.3, 0.4) is 0 Å². The summed E-state index contributed by atoms with van der Waals surface area (Å²) in [4.78, 5) is 0. The van der Waals surface area contributed by atoms with Gasteiger partial charge in [0.2, 0.25) is 0 Å². The van der Waals surface area contributed by atoms with Crippen molar-refractivity contribution in [3.8, 4) is 0 Å². The maximum atomic E-state index is 9.71. The van der Waals surface area contributed by atoms with Gasteiger partial charge in [0.1, 0.15) is 0 Å². The maximum Gasteiger partial charge on any atom is 0.0777 e. The highest BCUT2D eigenvalue weighted by atomic mass is 16.3. The molecule has 0 aromatic heterocycles. The molecule has 1 N–H and O–H groups in total. The summed E-state index contributed by atoms with van der Waals surface area (Å²) in [5.41, 5.74) is 0.452. The molecular formula is C10H16O. The van der Waals surface area contributed by atoms with Crippen molar-refractivity contribution >= 4 is 0 Å². The molecule has 0 saturated heterocycles. The lowest BCUT2D eigenvalue weighted by Crippen LogP contribution is -2.38. The van der Waals surface area contributed by atoms with E-state index in [1.807, 2.05) is 6.08 Å². The predicted octanol–water partition coefficient (Wildman–Crippen LogP) is 1.97. The van der Waals surface area contributed by atoms with Gasteiger partial charge in [0.15, 0.2) is 0 Å². The Bertz CT molecular complexity index is 217. The van der Waals surface area contributed by atoms with Crippen molar-refractivity contribution in [3.05, 3.63) is 12.2 Å². The predicted molar refractivity (Wildman–Crippen MR) is 45.1 cm³/mol. The van der Waals surface area contributed by atoms with Crippen LogP contribution in [0.25, 0.3) is 0 Å². The fraction of sp³-hybridized carbons (Fsp3) is 0.800. The molecule has 0 aromatic carbocycles. The van der Waals surface area contributed by atoms with Gasteiger partial charge < -0.3 is 5.11 Å². The minimum atomic E-state index is -0.244. The van der Waals surface area contributed by atoms with Gasteiger partial charge in [0, 0.05) is 5.41 Å². The molecule has 2 aliphatic carbocycles. The molecule has 1 heteroatoms. The van der Waals surface area contributed by atoms with Crippen molar-refractivity contribution < 1.29 is 5.11 Å². The summed E-state index contributed by atoms with van der Waals surface area (Å²) >= 11 is 0. The van der Waals surface area contributed by atoms with Gasteiger partial charge in [-0.1, -0.05) is 32.9 Å². The highest BCUT2D eigenvalue weighted by molar-refractivity contribution is 5.23. The van der Waals surface area contributed by atoms with Crippen LogP contribution in [0.15, 0.2) is 12.2 Å². The number of fused-ring (bicyclic) bond motifs is 1. The lowest BCUT2D eigenvalue weighted by atomic mass is 9.69. The summed E-state index contributed by atoms with van der Waals surface area (Å²) in [5, 5.41) is 9.71. The molecule has 0 spiro atoms. The maximum absolute atomic E-state index is 9.71. The van der Waals surface area contributed by atoms with Crippen molar-refractivity contribution in [1.82, 2.24) is 0 Å². The number of hydrogen-bond donors (Lipinski definition) is 1. The molecule has 1 nitrogen and oxygen atoms in total. The monoisotopic (exact) mass is 152 g/mol. The normalized spacial score (nSPS) is 52.0. The van der Waals surface area contributed by atoms with Crippen LogP contribution in [0, 0.1) is 16.7 Å². The summed E-state index contributed by atoms with van der Waals surface area (Å²) in [7, 11) is 0. The number of aliphatic hydroxyl groups excluding tert-OH is 1. The van der Waals surface area contributed by atoms with Crippen molar-refractivity contribution in [3.63, 3.8) is 0 Å². The lowest BCUT2D eigenvalue weighted by Gasteiger charge is -2.38. The highest BCUT2D eigenvalue weighted by Gasteiger charge is 2.61. The van der Waals surface area contributed by atoms with Crippen molar-refractivity contribution in [1.29, 1.82) is 0 Å². The smallest absolute Gasteiger partial charge is 0.0777 e. The summed E-state index contributed by atoms with van der Waals surface area (Å²) in [6, 6.07) is 0. The van der Waals surface area contributed by atoms with Crippen LogP contribution in [0.2, 0.25) is 0 Å². The minimum Gasteiger partial charge on any atom is -0.388 e. The van der Waals surface area contributed by atoms with E-state index in [1.54, 1.807) is 0 Å². The van der Waals surface area contributed by atoms with Crippen LogP contribution in [-0.4, -0.2) is 11.2 Å². The first kappa shape index (κ1) is 7.35. The fourth-order valence-corrected chi connectivity index (χ4v) is 2.24. The Kier molecular flexibility index (Phi) is 1.15. The average Bonchev–Trinajstić information content (AvgIpc) is 2.57. The van der Waals surface area contributed by atoms with Crippen LogP contribution in [0.1, 0.15) is 27.2 Å². The van der Waals surface area contributed by atoms with Crippen molar-refractivity contribution in [2.24, 2.45) is 16.7 Å². The molecule has 1 fully saturated rings. The van der Waals surface area contributed by atoms with E-state index in [1.165, 1.54) is 6.42 Å². The number of allylic oxidation sites excluding steroid dienone is 1. The first-order valence-corrected chi connectivity index (χ1v) is 4.35. The third-order valence-corrected chi connectivity index (χ3v) is 4.04. The molecule has 3 unspecified atom stereocenters. The lowest BCUT2D eigenvalue weighted by molar-refractivity contribution is 0.0233. The van der Waals surface area contributed by atoms with Gasteiger partial charge >= 0.3 is 0 Å². The Hall–Kier alpha value is -0.300. The molecule has 1 saturated carbocycles. The molecule has 0 bridgehead atoms. The Labute approximate surface area is 68.1 Å². The van der Waals surface area contributed by atoms with Crippen LogP contribution in [0.4, 0.5) is 0 Å². The van der Waals surface area contributed by atoms with Crippen LogP contribution in [0.5, 0.6) is 0 Å². The molecule has 62 valence electrons. The number of hydrogen-bond acceptors (Lipinski definition) is 1. The fourth-order valence-electron chi connectivity index (χ4n) is 2.24. The third-order valence-electron chi connectivity index (χ3n) is 4.04. The first-order valence-electron chi connectivity index (χ1n) is 4.35. The average molecular weight is 152 g/mol. The Morgan fingerprint density at radius 3 is 2.45 bits per heavy atom. The summed E-state index contributed by atoms with van der Waals surface area (Å²) in [5.74, 6) is 0.737. The Morgan fingerprint density at radius 2 is 1.91 bits per heavy atom. The van der Waals surface area contributed by atoms with E-state index < -0.39 is 0 Å². The molecule has 11 heavy (non-hydrogen) atoms. The molecule has 0 heterocycles. The van der Waals surface area contributed by atoms with Gasteiger partial charge in [0.05, 0.1) is 6.10 Å². The highest BCUT2D eigenvalue weighted by Crippen LogP contribution is 2.66. The largest absolute Gasteiger partial charge is 0.388 e. The second-order valence-electron chi connectivity index (χ2n) is 4.78. The second kappa shape index (κ2) is 1.71. The summed E-state index contributed by atoms with van der Waals surface area (Å²) in [6.45, 7) is 6.62. The quantitative estimate of drug-likeness (QED) is 0.526. The topological polar surface area (TPSA) is 20.2 Å². The van der Waals surface area contributed by atoms with Gasteiger partial charge in [-0.25, -0.2) is 0 Å². The Morgan fingerprint density at radius 1 is 1.27 bits per heavy atom. The zero-order valence-electron chi connectivity index (χ0n) is 7.46. The SMILES string of the molecule is CC1(C)C(O)C=CC2CC21C. The van der Waals surface area contributed by atoms with Crippen LogP contribution >= 0.6 is 0 Å². The van der Waals surface area contributed by atoms with E-state index >= 15 is 0 Å². The zero-order valence-corrected chi connectivity index (χ0v) is 7.46. The summed E-state index contributed by atoms with van der Waals surface area (Å²) in [6.07, 6.45) is 5.15. The van der Waals surface area contributed by atoms with Crippen LogP contribution < -0.4 is 0 Å². The molecule has 2 aliphatic rings. The van der Waals surface area contributed by atoms with E-state index in [4.69, 9.17) is 0 Å². The van der Waals surface area contributed by atoms with E-state index in [2.05, 4.69) is 26.8 Å². The zero-order chi connectivity index (χ0) is 8.28. The molecular weight excluding hydrogens is 136 g/mol. The van der Waals surface area contributed by atoms with Crippen molar-refractivity contribution in [2.75, 3.05) is 0 Å². The third kappa shape index (κ3) is 0.698. The van der Waals surface area contributed by atoms with Crippen LogP contribution in [-0.2, 0) is 0 Å². The van der Waals surface area contributed by atoms with E-state index in [-0.39, 0.29) is 11.5 Å². The van der Waals surface area contributed by atoms with Gasteiger partial charge in [0.25, 0.3) is 0 Å². The van der Waals surface area contributed by atoms with E-state index in [0.29, 0.717) is 5.41 Å². The van der Waals surface area contributed by atoms with Gasteiger partial charge in [-0.15, -0.1) is 0 Å². The number of rotatable bonds is 0. The van der Waals surface area contributed by atoms with E-state index in [9.17, 15) is 5.11 Å². The first-order chi connectivity index (χ1) is 4.98. The van der Waals surface area contributed by atoms with Crippen molar-refractivity contribution in [2.45, 2.75) is 33.3 Å². The minimum absolute atomic E-state index is 0.0758. The molecule has 0 amide bonds. The second-order valence-corrected chi connectivity index (χ2v) is 4.78. The number of aliphatic hydroxyl groups is 1. The molecule has 2 rings (SSSR count). The van der Waals surface area contributed by atoms with Gasteiger partial charge in [-0.3, -0.25) is 0 Å². The molecule has 0 aromatic rings. The van der Waals surface area contributed by atoms with E-state index in [0.717, 1.165) is 5.92 Å². The van der Waals surface area contributed by atoms with Gasteiger partial charge in [-0.05, 0) is 17.8 Å². The Balaban J connectivity index is 2.37. The standard InChI is InChI=1S/C10H16O/c1-9(2)8(11)5-4-7-6-10(7,9)3/h4-5,7-8,11H,6H2,1-3H3. The molecule has 0 aliphatic heterocycles.